The molecule has 0 saturated carbocycles. The third-order valence-electron chi connectivity index (χ3n) is 5.85. The number of fused-ring (bicyclic) bond motifs is 1. The van der Waals surface area contributed by atoms with Gasteiger partial charge in [0.1, 0.15) is 5.82 Å². The molecule has 0 unspecified atom stereocenters. The van der Waals surface area contributed by atoms with Crippen molar-refractivity contribution in [3.05, 3.63) is 65.9 Å². The monoisotopic (exact) mass is 405 g/mol. The van der Waals surface area contributed by atoms with E-state index < -0.39 is 0 Å². The van der Waals surface area contributed by atoms with E-state index in [0.717, 1.165) is 66.2 Å². The lowest BCUT2D eigenvalue weighted by Gasteiger charge is -2.31. The molecule has 1 fully saturated rings. The maximum atomic E-state index is 14.2. The first-order chi connectivity index (χ1) is 14.7. The SMILES string of the molecule is COc1ccc(-c2[nH]ncc2CN2CCC[C@@H](c3nc4ccccc4[nH]3)C2)cc1F. The number of para-hydroxylation sites is 2. The number of nitrogens with one attached hydrogen (secondary N) is 2. The summed E-state index contributed by atoms with van der Waals surface area (Å²) >= 11 is 0. The second-order valence-electron chi connectivity index (χ2n) is 7.83. The summed E-state index contributed by atoms with van der Waals surface area (Å²) < 4.78 is 19.2. The molecule has 7 heteroatoms. The van der Waals surface area contributed by atoms with E-state index in [2.05, 4.69) is 26.1 Å². The van der Waals surface area contributed by atoms with Crippen LogP contribution in [0.3, 0.4) is 0 Å². The van der Waals surface area contributed by atoms with E-state index in [1.165, 1.54) is 13.2 Å². The number of ether oxygens (including phenoxy) is 1. The Morgan fingerprint density at radius 2 is 2.13 bits per heavy atom. The highest BCUT2D eigenvalue weighted by Crippen LogP contribution is 2.30. The molecular weight excluding hydrogens is 381 g/mol. The summed E-state index contributed by atoms with van der Waals surface area (Å²) in [6.07, 6.45) is 4.08. The predicted molar refractivity (Wildman–Crippen MR) is 114 cm³/mol. The number of rotatable bonds is 5. The zero-order valence-electron chi connectivity index (χ0n) is 16.9. The number of nitrogens with zero attached hydrogens (tertiary/aromatic N) is 3. The van der Waals surface area contributed by atoms with Crippen LogP contribution in [0.25, 0.3) is 22.3 Å². The zero-order chi connectivity index (χ0) is 20.5. The van der Waals surface area contributed by atoms with Gasteiger partial charge >= 0.3 is 0 Å². The molecule has 0 spiro atoms. The molecule has 0 amide bonds. The molecule has 1 saturated heterocycles. The van der Waals surface area contributed by atoms with Crippen LogP contribution in [0.2, 0.25) is 0 Å². The number of methoxy groups -OCH3 is 1. The van der Waals surface area contributed by atoms with E-state index >= 15 is 0 Å². The molecule has 154 valence electrons. The highest BCUT2D eigenvalue weighted by Gasteiger charge is 2.25. The molecule has 0 bridgehead atoms. The Balaban J connectivity index is 1.34. The van der Waals surface area contributed by atoms with Gasteiger partial charge in [-0.3, -0.25) is 10.00 Å². The Morgan fingerprint density at radius 3 is 2.97 bits per heavy atom. The standard InChI is InChI=1S/C23H24FN5O/c1-30-21-9-8-15(11-18(21)24)22-17(12-25-28-22)14-29-10-4-5-16(13-29)23-26-19-6-2-3-7-20(19)27-23/h2-3,6-9,11-12,16H,4-5,10,13-14H2,1H3,(H,25,28)(H,26,27)/t16-/m1/s1. The van der Waals surface area contributed by atoms with Crippen molar-refractivity contribution in [2.75, 3.05) is 20.2 Å². The molecule has 2 aromatic carbocycles. The largest absolute Gasteiger partial charge is 0.494 e. The fourth-order valence-corrected chi connectivity index (χ4v) is 4.33. The van der Waals surface area contributed by atoms with Crippen LogP contribution in [0.1, 0.15) is 30.1 Å². The van der Waals surface area contributed by atoms with Gasteiger partial charge in [-0.2, -0.15) is 5.10 Å². The van der Waals surface area contributed by atoms with Gasteiger partial charge in [-0.1, -0.05) is 12.1 Å². The average molecular weight is 405 g/mol. The van der Waals surface area contributed by atoms with Gasteiger partial charge in [0, 0.05) is 30.1 Å². The van der Waals surface area contributed by atoms with Crippen molar-refractivity contribution < 1.29 is 9.13 Å². The van der Waals surface area contributed by atoms with Crippen molar-refractivity contribution in [2.45, 2.75) is 25.3 Å². The molecule has 1 aliphatic rings. The number of hydrogen-bond acceptors (Lipinski definition) is 4. The quantitative estimate of drug-likeness (QED) is 0.514. The Morgan fingerprint density at radius 1 is 1.23 bits per heavy atom. The van der Waals surface area contributed by atoms with E-state index in [4.69, 9.17) is 9.72 Å². The first-order valence-electron chi connectivity index (χ1n) is 10.2. The number of aromatic amines is 2. The number of aromatic nitrogens is 4. The summed E-state index contributed by atoms with van der Waals surface area (Å²) in [4.78, 5) is 10.7. The van der Waals surface area contributed by atoms with E-state index in [1.807, 2.05) is 30.5 Å². The van der Waals surface area contributed by atoms with E-state index in [1.54, 1.807) is 6.07 Å². The molecule has 4 aromatic rings. The van der Waals surface area contributed by atoms with Crippen LogP contribution in [-0.2, 0) is 6.54 Å². The first-order valence-corrected chi connectivity index (χ1v) is 10.2. The molecule has 0 radical (unpaired) electrons. The summed E-state index contributed by atoms with van der Waals surface area (Å²) in [6, 6.07) is 13.1. The summed E-state index contributed by atoms with van der Waals surface area (Å²) in [7, 11) is 1.47. The average Bonchev–Trinajstić information content (AvgIpc) is 3.41. The summed E-state index contributed by atoms with van der Waals surface area (Å²) in [5.41, 5.74) is 4.78. The van der Waals surface area contributed by atoms with Gasteiger partial charge in [0.2, 0.25) is 0 Å². The lowest BCUT2D eigenvalue weighted by molar-refractivity contribution is 0.197. The second-order valence-corrected chi connectivity index (χ2v) is 7.83. The van der Waals surface area contributed by atoms with Crippen molar-refractivity contribution in [3.8, 4) is 17.0 Å². The number of likely N-dealkylation sites (tertiary alicyclic amines) is 1. The van der Waals surface area contributed by atoms with Gasteiger partial charge in [-0.25, -0.2) is 9.37 Å². The topological polar surface area (TPSA) is 69.8 Å². The van der Waals surface area contributed by atoms with Gasteiger partial charge in [0.15, 0.2) is 11.6 Å². The smallest absolute Gasteiger partial charge is 0.165 e. The number of halogens is 1. The molecular formula is C23H24FN5O. The maximum Gasteiger partial charge on any atom is 0.165 e. The van der Waals surface area contributed by atoms with Crippen molar-refractivity contribution in [3.63, 3.8) is 0 Å². The summed E-state index contributed by atoms with van der Waals surface area (Å²) in [5.74, 6) is 1.30. The Kier molecular flexibility index (Phi) is 4.96. The van der Waals surface area contributed by atoms with Crippen molar-refractivity contribution in [2.24, 2.45) is 0 Å². The lowest BCUT2D eigenvalue weighted by Crippen LogP contribution is -2.34. The fraction of sp³-hybridized carbons (Fsp3) is 0.304. The molecule has 2 aromatic heterocycles. The van der Waals surface area contributed by atoms with Crippen LogP contribution in [0.15, 0.2) is 48.7 Å². The van der Waals surface area contributed by atoms with Crippen LogP contribution >= 0.6 is 0 Å². The normalized spacial score (nSPS) is 17.5. The van der Waals surface area contributed by atoms with Crippen LogP contribution < -0.4 is 4.74 Å². The highest BCUT2D eigenvalue weighted by molar-refractivity contribution is 5.74. The van der Waals surface area contributed by atoms with Gasteiger partial charge in [0.25, 0.3) is 0 Å². The Labute approximate surface area is 174 Å². The third kappa shape index (κ3) is 3.57. The van der Waals surface area contributed by atoms with Crippen molar-refractivity contribution in [1.29, 1.82) is 0 Å². The van der Waals surface area contributed by atoms with E-state index in [9.17, 15) is 4.39 Å². The molecule has 1 aliphatic heterocycles. The first kappa shape index (κ1) is 18.8. The van der Waals surface area contributed by atoms with Gasteiger partial charge < -0.3 is 9.72 Å². The minimum atomic E-state index is -0.376. The van der Waals surface area contributed by atoms with Gasteiger partial charge in [0.05, 0.1) is 30.0 Å². The summed E-state index contributed by atoms with van der Waals surface area (Å²) in [5, 5.41) is 7.25. The highest BCUT2D eigenvalue weighted by atomic mass is 19.1. The molecule has 3 heterocycles. The zero-order valence-corrected chi connectivity index (χ0v) is 16.9. The number of piperidine rings is 1. The van der Waals surface area contributed by atoms with E-state index in [-0.39, 0.29) is 11.6 Å². The Hall–Kier alpha value is -3.19. The Bertz CT molecular complexity index is 1130. The molecule has 6 nitrogen and oxygen atoms in total. The second kappa shape index (κ2) is 7.91. The van der Waals surface area contributed by atoms with Crippen molar-refractivity contribution >= 4 is 11.0 Å². The van der Waals surface area contributed by atoms with Crippen LogP contribution in [0.4, 0.5) is 4.39 Å². The van der Waals surface area contributed by atoms with Crippen LogP contribution in [-0.4, -0.2) is 45.3 Å². The molecule has 1 atom stereocenters. The van der Waals surface area contributed by atoms with Crippen molar-refractivity contribution in [1.82, 2.24) is 25.1 Å². The summed E-state index contributed by atoms with van der Waals surface area (Å²) in [6.45, 7) is 2.72. The van der Waals surface area contributed by atoms with E-state index in [0.29, 0.717) is 5.92 Å². The van der Waals surface area contributed by atoms with Gasteiger partial charge in [-0.15, -0.1) is 0 Å². The minimum Gasteiger partial charge on any atom is -0.494 e. The molecule has 2 N–H and O–H groups in total. The molecule has 5 rings (SSSR count). The fourth-order valence-electron chi connectivity index (χ4n) is 4.33. The van der Waals surface area contributed by atoms with Crippen LogP contribution in [0.5, 0.6) is 5.75 Å². The number of imidazole rings is 1. The number of hydrogen-bond donors (Lipinski definition) is 2. The van der Waals surface area contributed by atoms with Gasteiger partial charge in [-0.05, 0) is 49.7 Å². The lowest BCUT2D eigenvalue weighted by atomic mass is 9.96. The molecule has 30 heavy (non-hydrogen) atoms. The molecule has 0 aliphatic carbocycles. The minimum absolute atomic E-state index is 0.240. The maximum absolute atomic E-state index is 14.2. The van der Waals surface area contributed by atoms with Crippen LogP contribution in [0, 0.1) is 5.82 Å². The third-order valence-corrected chi connectivity index (χ3v) is 5.85. The predicted octanol–water partition coefficient (Wildman–Crippen LogP) is 4.48. The number of benzene rings is 2. The number of H-pyrrole nitrogens is 2.